The number of aromatic amines is 1. The van der Waals surface area contributed by atoms with Gasteiger partial charge in [-0.15, -0.1) is 0 Å². The maximum absolute atomic E-state index is 14.0. The zero-order valence-electron chi connectivity index (χ0n) is 18.4. The summed E-state index contributed by atoms with van der Waals surface area (Å²) in [4.78, 5) is 28.4. The molecule has 6 rings (SSSR count). The molecule has 0 atom stereocenters. The molecule has 1 amide bonds. The van der Waals surface area contributed by atoms with E-state index >= 15 is 0 Å². The second kappa shape index (κ2) is 8.28. The molecule has 1 N–H and O–H groups in total. The van der Waals surface area contributed by atoms with Crippen LogP contribution in [-0.2, 0) is 0 Å². The van der Waals surface area contributed by atoms with Crippen molar-refractivity contribution in [3.8, 4) is 11.3 Å². The van der Waals surface area contributed by atoms with Gasteiger partial charge in [0.25, 0.3) is 5.91 Å². The first-order valence-electron chi connectivity index (χ1n) is 11.4. The summed E-state index contributed by atoms with van der Waals surface area (Å²) >= 11 is 0. The number of amides is 1. The van der Waals surface area contributed by atoms with E-state index < -0.39 is 17.5 Å². The standard InChI is InChI=1S/C24H23F2N7O/c25-20-3-1-2-18(21(20)26)24(34)31-8-5-16(6-9-31)32-12-17(13-32)33-11-15(10-30-33)22-19-4-7-27-23(19)29-14-28-22/h1-4,7,10-11,14,16-17H,5-6,8-9,12-13H2,(H,27,28,29). The lowest BCUT2D eigenvalue weighted by Crippen LogP contribution is -2.56. The van der Waals surface area contributed by atoms with E-state index in [1.807, 2.05) is 29.3 Å². The van der Waals surface area contributed by atoms with Crippen molar-refractivity contribution in [2.45, 2.75) is 24.9 Å². The van der Waals surface area contributed by atoms with E-state index in [4.69, 9.17) is 0 Å². The number of carbonyl (C=O) groups is 1. The van der Waals surface area contributed by atoms with E-state index in [9.17, 15) is 13.6 Å². The highest BCUT2D eigenvalue weighted by Gasteiger charge is 2.36. The van der Waals surface area contributed by atoms with Gasteiger partial charge < -0.3 is 9.88 Å². The lowest BCUT2D eigenvalue weighted by atomic mass is 9.97. The van der Waals surface area contributed by atoms with E-state index in [-0.39, 0.29) is 5.56 Å². The first-order chi connectivity index (χ1) is 16.6. The number of nitrogens with one attached hydrogen (secondary N) is 1. The second-order valence-electron chi connectivity index (χ2n) is 8.90. The molecule has 0 spiro atoms. The number of benzene rings is 1. The summed E-state index contributed by atoms with van der Waals surface area (Å²) in [5, 5.41) is 5.54. The molecule has 2 fully saturated rings. The monoisotopic (exact) mass is 463 g/mol. The molecule has 10 heteroatoms. The van der Waals surface area contributed by atoms with Crippen LogP contribution < -0.4 is 0 Å². The highest BCUT2D eigenvalue weighted by atomic mass is 19.2. The van der Waals surface area contributed by atoms with Gasteiger partial charge in [-0.3, -0.25) is 14.4 Å². The Balaban J connectivity index is 1.05. The number of aromatic nitrogens is 5. The maximum Gasteiger partial charge on any atom is 0.256 e. The van der Waals surface area contributed by atoms with Crippen LogP contribution in [0.5, 0.6) is 0 Å². The quantitative estimate of drug-likeness (QED) is 0.502. The Hall–Kier alpha value is -3.66. The molecule has 0 radical (unpaired) electrons. The molecular formula is C24H23F2N7O. The Morgan fingerprint density at radius 2 is 1.88 bits per heavy atom. The maximum atomic E-state index is 14.0. The predicted molar refractivity (Wildman–Crippen MR) is 121 cm³/mol. The number of carbonyl (C=O) groups excluding carboxylic acids is 1. The lowest BCUT2D eigenvalue weighted by Gasteiger charge is -2.47. The molecule has 2 aliphatic rings. The van der Waals surface area contributed by atoms with Gasteiger partial charge in [0.1, 0.15) is 12.0 Å². The first-order valence-corrected chi connectivity index (χ1v) is 11.4. The Kier molecular flexibility index (Phi) is 5.09. The van der Waals surface area contributed by atoms with Crippen LogP contribution in [0.25, 0.3) is 22.3 Å². The third-order valence-electron chi connectivity index (χ3n) is 6.94. The third-order valence-corrected chi connectivity index (χ3v) is 6.94. The van der Waals surface area contributed by atoms with Gasteiger partial charge in [0.15, 0.2) is 11.6 Å². The molecule has 8 nitrogen and oxygen atoms in total. The zero-order chi connectivity index (χ0) is 23.2. The van der Waals surface area contributed by atoms with Crippen molar-refractivity contribution in [2.75, 3.05) is 26.2 Å². The Morgan fingerprint density at radius 3 is 2.71 bits per heavy atom. The van der Waals surface area contributed by atoms with E-state index in [2.05, 4.69) is 25.0 Å². The zero-order valence-corrected chi connectivity index (χ0v) is 18.4. The molecule has 0 bridgehead atoms. The molecule has 0 aliphatic carbocycles. The number of hydrogen-bond acceptors (Lipinski definition) is 5. The topological polar surface area (TPSA) is 82.9 Å². The minimum atomic E-state index is -1.07. The van der Waals surface area contributed by atoms with Crippen LogP contribution >= 0.6 is 0 Å². The molecule has 5 heterocycles. The number of halogens is 2. The van der Waals surface area contributed by atoms with Crippen LogP contribution in [0.3, 0.4) is 0 Å². The van der Waals surface area contributed by atoms with Gasteiger partial charge in [-0.1, -0.05) is 6.07 Å². The van der Waals surface area contributed by atoms with Gasteiger partial charge in [-0.2, -0.15) is 5.10 Å². The second-order valence-corrected chi connectivity index (χ2v) is 8.90. The van der Waals surface area contributed by atoms with Crippen molar-refractivity contribution >= 4 is 16.9 Å². The highest BCUT2D eigenvalue weighted by molar-refractivity contribution is 5.94. The summed E-state index contributed by atoms with van der Waals surface area (Å²) in [6.07, 6.45) is 8.90. The normalized spacial score (nSPS) is 17.9. The number of hydrogen-bond donors (Lipinski definition) is 1. The van der Waals surface area contributed by atoms with Crippen LogP contribution in [0.1, 0.15) is 29.2 Å². The molecule has 3 aromatic heterocycles. The van der Waals surface area contributed by atoms with Crippen molar-refractivity contribution in [1.29, 1.82) is 0 Å². The van der Waals surface area contributed by atoms with Gasteiger partial charge in [-0.05, 0) is 31.0 Å². The molecule has 0 saturated carbocycles. The van der Waals surface area contributed by atoms with Crippen LogP contribution in [0.4, 0.5) is 8.78 Å². The number of fused-ring (bicyclic) bond motifs is 1. The van der Waals surface area contributed by atoms with Crippen molar-refractivity contribution in [3.63, 3.8) is 0 Å². The molecular weight excluding hydrogens is 440 g/mol. The number of H-pyrrole nitrogens is 1. The fraction of sp³-hybridized carbons (Fsp3) is 0.333. The number of nitrogens with zero attached hydrogens (tertiary/aromatic N) is 6. The molecule has 2 saturated heterocycles. The van der Waals surface area contributed by atoms with E-state index in [0.717, 1.165) is 54.3 Å². The van der Waals surface area contributed by atoms with E-state index in [1.54, 1.807) is 11.2 Å². The lowest BCUT2D eigenvalue weighted by molar-refractivity contribution is 0.0196. The minimum Gasteiger partial charge on any atom is -0.346 e. The largest absolute Gasteiger partial charge is 0.346 e. The smallest absolute Gasteiger partial charge is 0.256 e. The summed E-state index contributed by atoms with van der Waals surface area (Å²) in [7, 11) is 0. The average Bonchev–Trinajstić information content (AvgIpc) is 3.50. The predicted octanol–water partition coefficient (Wildman–Crippen LogP) is 3.26. The first kappa shape index (κ1) is 20.9. The van der Waals surface area contributed by atoms with Crippen LogP contribution in [0, 0.1) is 11.6 Å². The van der Waals surface area contributed by atoms with Crippen LogP contribution in [-0.4, -0.2) is 72.7 Å². The minimum absolute atomic E-state index is 0.197. The summed E-state index contributed by atoms with van der Waals surface area (Å²) in [5.74, 6) is -2.51. The third kappa shape index (κ3) is 3.54. The van der Waals surface area contributed by atoms with Gasteiger partial charge in [0.2, 0.25) is 0 Å². The summed E-state index contributed by atoms with van der Waals surface area (Å²) < 4.78 is 29.5. The number of rotatable bonds is 4. The van der Waals surface area contributed by atoms with Gasteiger partial charge in [-0.25, -0.2) is 18.7 Å². The van der Waals surface area contributed by atoms with Crippen molar-refractivity contribution in [3.05, 3.63) is 66.4 Å². The van der Waals surface area contributed by atoms with Crippen LogP contribution in [0.15, 0.2) is 49.2 Å². The fourth-order valence-corrected chi connectivity index (χ4v) is 4.99. The van der Waals surface area contributed by atoms with Crippen molar-refractivity contribution in [2.24, 2.45) is 0 Å². The number of likely N-dealkylation sites (tertiary alicyclic amines) is 2. The van der Waals surface area contributed by atoms with Crippen LogP contribution in [0.2, 0.25) is 0 Å². The van der Waals surface area contributed by atoms with Gasteiger partial charge >= 0.3 is 0 Å². The van der Waals surface area contributed by atoms with Gasteiger partial charge in [0.05, 0.1) is 23.5 Å². The molecule has 2 aliphatic heterocycles. The summed E-state index contributed by atoms with van der Waals surface area (Å²) in [6.45, 7) is 2.85. The highest BCUT2D eigenvalue weighted by Crippen LogP contribution is 2.31. The fourth-order valence-electron chi connectivity index (χ4n) is 4.99. The van der Waals surface area contributed by atoms with E-state index in [0.29, 0.717) is 25.2 Å². The average molecular weight is 463 g/mol. The van der Waals surface area contributed by atoms with E-state index in [1.165, 1.54) is 12.1 Å². The molecule has 174 valence electrons. The molecule has 34 heavy (non-hydrogen) atoms. The van der Waals surface area contributed by atoms with Crippen molar-refractivity contribution < 1.29 is 13.6 Å². The Morgan fingerprint density at radius 1 is 1.06 bits per heavy atom. The Bertz CT molecular complexity index is 1350. The number of piperidine rings is 1. The molecule has 1 aromatic carbocycles. The molecule has 0 unspecified atom stereocenters. The van der Waals surface area contributed by atoms with Gasteiger partial charge in [0, 0.05) is 55.6 Å². The summed E-state index contributed by atoms with van der Waals surface area (Å²) in [6, 6.07) is 6.36. The summed E-state index contributed by atoms with van der Waals surface area (Å²) in [5.41, 5.74) is 2.43. The SMILES string of the molecule is O=C(c1cccc(F)c1F)N1CCC(N2CC(n3cc(-c4ncnc5[nH]ccc45)cn3)C2)CC1. The molecule has 4 aromatic rings. The van der Waals surface area contributed by atoms with Crippen molar-refractivity contribution in [1.82, 2.24) is 34.5 Å². The Labute approximate surface area is 194 Å².